The molecule has 0 aromatic heterocycles. The average Bonchev–Trinajstić information content (AvgIpc) is 2.90. The van der Waals surface area contributed by atoms with Gasteiger partial charge in [0, 0.05) is 20.6 Å². The standard InChI is InChI=1S/C28H23BrN2O3S/c1-34-22-11-7-10-20(18-22)27(32)30-21-14-16-23(17-15-21)35-26(19-8-3-2-4-9-19)28(33)31-25-13-6-5-12-24(25)29/h2-18,26H,1H3,(H,30,32)(H,31,33). The van der Waals surface area contributed by atoms with E-state index in [0.717, 1.165) is 20.6 Å². The van der Waals surface area contributed by atoms with Crippen molar-refractivity contribution in [2.24, 2.45) is 0 Å². The topological polar surface area (TPSA) is 67.4 Å². The monoisotopic (exact) mass is 546 g/mol. The van der Waals surface area contributed by atoms with Gasteiger partial charge in [-0.15, -0.1) is 11.8 Å². The molecule has 0 aliphatic rings. The molecule has 0 saturated heterocycles. The Hall–Kier alpha value is -3.55. The Balaban J connectivity index is 1.49. The van der Waals surface area contributed by atoms with Crippen molar-refractivity contribution < 1.29 is 14.3 Å². The van der Waals surface area contributed by atoms with E-state index in [-0.39, 0.29) is 11.8 Å². The molecule has 4 aromatic carbocycles. The Kier molecular flexibility index (Phi) is 8.23. The molecule has 0 saturated carbocycles. The van der Waals surface area contributed by atoms with E-state index in [1.807, 2.05) is 78.9 Å². The molecule has 176 valence electrons. The van der Waals surface area contributed by atoms with Gasteiger partial charge in [-0.2, -0.15) is 0 Å². The number of thioether (sulfide) groups is 1. The molecule has 4 rings (SSSR count). The van der Waals surface area contributed by atoms with Gasteiger partial charge in [-0.3, -0.25) is 9.59 Å². The zero-order chi connectivity index (χ0) is 24.6. The first-order valence-corrected chi connectivity index (χ1v) is 12.5. The third kappa shape index (κ3) is 6.53. The highest BCUT2D eigenvalue weighted by Crippen LogP contribution is 2.37. The van der Waals surface area contributed by atoms with Crippen molar-refractivity contribution in [3.63, 3.8) is 0 Å². The van der Waals surface area contributed by atoms with Gasteiger partial charge in [0.2, 0.25) is 5.91 Å². The van der Waals surface area contributed by atoms with Crippen molar-refractivity contribution in [3.8, 4) is 5.75 Å². The minimum Gasteiger partial charge on any atom is -0.497 e. The number of ether oxygens (including phenoxy) is 1. The van der Waals surface area contributed by atoms with Crippen LogP contribution >= 0.6 is 27.7 Å². The van der Waals surface area contributed by atoms with E-state index in [4.69, 9.17) is 4.74 Å². The first kappa shape index (κ1) is 24.6. The minimum atomic E-state index is -0.458. The third-order valence-electron chi connectivity index (χ3n) is 5.17. The fourth-order valence-electron chi connectivity index (χ4n) is 3.38. The molecule has 0 aliphatic carbocycles. The zero-order valence-electron chi connectivity index (χ0n) is 18.9. The largest absolute Gasteiger partial charge is 0.497 e. The van der Waals surface area contributed by atoms with Crippen LogP contribution in [-0.4, -0.2) is 18.9 Å². The number of para-hydroxylation sites is 1. The lowest BCUT2D eigenvalue weighted by Crippen LogP contribution is -2.19. The number of hydrogen-bond donors (Lipinski definition) is 2. The van der Waals surface area contributed by atoms with Crippen LogP contribution in [0.25, 0.3) is 0 Å². The average molecular weight is 547 g/mol. The van der Waals surface area contributed by atoms with Crippen LogP contribution in [0.15, 0.2) is 112 Å². The summed E-state index contributed by atoms with van der Waals surface area (Å²) < 4.78 is 6.01. The lowest BCUT2D eigenvalue weighted by Gasteiger charge is -2.18. The molecule has 7 heteroatoms. The Morgan fingerprint density at radius 3 is 2.26 bits per heavy atom. The molecule has 1 atom stereocenters. The Labute approximate surface area is 217 Å². The van der Waals surface area contributed by atoms with Crippen molar-refractivity contribution in [1.82, 2.24) is 0 Å². The Bertz CT molecular complexity index is 1310. The molecule has 0 radical (unpaired) electrons. The van der Waals surface area contributed by atoms with Gasteiger partial charge < -0.3 is 15.4 Å². The quantitative estimate of drug-likeness (QED) is 0.229. The van der Waals surface area contributed by atoms with E-state index >= 15 is 0 Å². The molecule has 0 spiro atoms. The normalized spacial score (nSPS) is 11.4. The van der Waals surface area contributed by atoms with E-state index < -0.39 is 5.25 Å². The molecular formula is C28H23BrN2O3S. The predicted molar refractivity (Wildman–Crippen MR) is 145 cm³/mol. The maximum absolute atomic E-state index is 13.3. The van der Waals surface area contributed by atoms with Crippen LogP contribution in [0.1, 0.15) is 21.2 Å². The molecule has 2 amide bonds. The van der Waals surface area contributed by atoms with E-state index in [1.54, 1.807) is 31.4 Å². The summed E-state index contributed by atoms with van der Waals surface area (Å²) in [6.45, 7) is 0. The van der Waals surface area contributed by atoms with Gasteiger partial charge in [0.15, 0.2) is 0 Å². The summed E-state index contributed by atoms with van der Waals surface area (Å²) in [7, 11) is 1.56. The van der Waals surface area contributed by atoms with Gasteiger partial charge in [-0.1, -0.05) is 48.5 Å². The Morgan fingerprint density at radius 2 is 1.54 bits per heavy atom. The summed E-state index contributed by atoms with van der Waals surface area (Å²) in [5.41, 5.74) is 2.79. The minimum absolute atomic E-state index is 0.122. The maximum atomic E-state index is 13.3. The number of carbonyl (C=O) groups is 2. The molecule has 2 N–H and O–H groups in total. The number of anilines is 2. The SMILES string of the molecule is COc1cccc(C(=O)Nc2ccc(SC(C(=O)Nc3ccccc3Br)c3ccccc3)cc2)c1. The van der Waals surface area contributed by atoms with Gasteiger partial charge >= 0.3 is 0 Å². The predicted octanol–water partition coefficient (Wildman–Crippen LogP) is 7.18. The van der Waals surface area contributed by atoms with Gasteiger partial charge in [0.05, 0.1) is 12.8 Å². The number of hydrogen-bond acceptors (Lipinski definition) is 4. The van der Waals surface area contributed by atoms with Gasteiger partial charge in [-0.25, -0.2) is 0 Å². The number of benzene rings is 4. The molecule has 5 nitrogen and oxygen atoms in total. The number of methoxy groups -OCH3 is 1. The van der Waals surface area contributed by atoms with Crippen LogP contribution in [0.2, 0.25) is 0 Å². The summed E-state index contributed by atoms with van der Waals surface area (Å²) in [5.74, 6) is 0.278. The number of amides is 2. The molecule has 35 heavy (non-hydrogen) atoms. The molecule has 0 bridgehead atoms. The third-order valence-corrected chi connectivity index (χ3v) is 7.13. The molecule has 0 heterocycles. The van der Waals surface area contributed by atoms with Crippen LogP contribution in [0.4, 0.5) is 11.4 Å². The second-order valence-electron chi connectivity index (χ2n) is 7.59. The highest BCUT2D eigenvalue weighted by molar-refractivity contribution is 9.10. The summed E-state index contributed by atoms with van der Waals surface area (Å²) in [6.07, 6.45) is 0. The van der Waals surface area contributed by atoms with Crippen LogP contribution < -0.4 is 15.4 Å². The fourth-order valence-corrected chi connectivity index (χ4v) is 4.79. The summed E-state index contributed by atoms with van der Waals surface area (Å²) in [4.78, 5) is 26.8. The van der Waals surface area contributed by atoms with Gasteiger partial charge in [-0.05, 0) is 76.1 Å². The van der Waals surface area contributed by atoms with E-state index in [0.29, 0.717) is 17.0 Å². The van der Waals surface area contributed by atoms with Gasteiger partial charge in [0.25, 0.3) is 5.91 Å². The Morgan fingerprint density at radius 1 is 0.829 bits per heavy atom. The highest BCUT2D eigenvalue weighted by Gasteiger charge is 2.23. The van der Waals surface area contributed by atoms with E-state index in [2.05, 4.69) is 26.6 Å². The second-order valence-corrected chi connectivity index (χ2v) is 9.62. The lowest BCUT2D eigenvalue weighted by molar-refractivity contribution is -0.115. The number of nitrogens with one attached hydrogen (secondary N) is 2. The zero-order valence-corrected chi connectivity index (χ0v) is 21.3. The smallest absolute Gasteiger partial charge is 0.255 e. The fraction of sp³-hybridized carbons (Fsp3) is 0.0714. The first-order valence-electron chi connectivity index (χ1n) is 10.9. The van der Waals surface area contributed by atoms with Crippen LogP contribution in [0, 0.1) is 0 Å². The first-order chi connectivity index (χ1) is 17.0. The van der Waals surface area contributed by atoms with Crippen LogP contribution in [0.3, 0.4) is 0 Å². The van der Waals surface area contributed by atoms with E-state index in [1.165, 1.54) is 11.8 Å². The highest BCUT2D eigenvalue weighted by atomic mass is 79.9. The number of rotatable bonds is 8. The molecular weight excluding hydrogens is 524 g/mol. The van der Waals surface area contributed by atoms with Crippen molar-refractivity contribution >= 4 is 50.9 Å². The summed E-state index contributed by atoms with van der Waals surface area (Å²) in [5, 5.41) is 5.46. The lowest BCUT2D eigenvalue weighted by atomic mass is 10.1. The summed E-state index contributed by atoms with van der Waals surface area (Å²) >= 11 is 4.93. The van der Waals surface area contributed by atoms with Crippen molar-refractivity contribution in [2.75, 3.05) is 17.7 Å². The molecule has 1 unspecified atom stereocenters. The van der Waals surface area contributed by atoms with Crippen LogP contribution in [-0.2, 0) is 4.79 Å². The van der Waals surface area contributed by atoms with Crippen molar-refractivity contribution in [3.05, 3.63) is 119 Å². The van der Waals surface area contributed by atoms with Crippen molar-refractivity contribution in [1.29, 1.82) is 0 Å². The maximum Gasteiger partial charge on any atom is 0.255 e. The summed E-state index contributed by atoms with van der Waals surface area (Å²) in [6, 6.07) is 31.6. The number of halogens is 1. The number of carbonyl (C=O) groups excluding carboxylic acids is 2. The van der Waals surface area contributed by atoms with Crippen LogP contribution in [0.5, 0.6) is 5.75 Å². The molecule has 4 aromatic rings. The second kappa shape index (κ2) is 11.7. The molecule has 0 aliphatic heterocycles. The van der Waals surface area contributed by atoms with Gasteiger partial charge in [0.1, 0.15) is 11.0 Å². The molecule has 0 fully saturated rings. The van der Waals surface area contributed by atoms with E-state index in [9.17, 15) is 9.59 Å². The van der Waals surface area contributed by atoms with Crippen molar-refractivity contribution in [2.45, 2.75) is 10.1 Å².